The van der Waals surface area contributed by atoms with Gasteiger partial charge in [0.25, 0.3) is 10.1 Å². The molecule has 0 unspecified atom stereocenters. The van der Waals surface area contributed by atoms with Crippen molar-refractivity contribution < 1.29 is 17.7 Å². The highest BCUT2D eigenvalue weighted by atomic mass is 32.2. The number of benzene rings is 1. The highest BCUT2D eigenvalue weighted by Crippen LogP contribution is 2.11. The van der Waals surface area contributed by atoms with Gasteiger partial charge in [0, 0.05) is 0 Å². The third-order valence-electron chi connectivity index (χ3n) is 1.80. The predicted octanol–water partition coefficient (Wildman–Crippen LogP) is 1.21. The maximum atomic E-state index is 10.4. The van der Waals surface area contributed by atoms with Crippen LogP contribution in [-0.2, 0) is 10.1 Å². The van der Waals surface area contributed by atoms with Crippen molar-refractivity contribution in [1.29, 1.82) is 5.26 Å². The number of hydrogen-bond acceptors (Lipinski definition) is 4. The van der Waals surface area contributed by atoms with E-state index in [1.165, 1.54) is 0 Å². The first kappa shape index (κ1) is 12.5. The van der Waals surface area contributed by atoms with E-state index in [-0.39, 0.29) is 18.8 Å². The number of nitriles is 1. The van der Waals surface area contributed by atoms with Gasteiger partial charge in [-0.2, -0.15) is 13.7 Å². The highest BCUT2D eigenvalue weighted by molar-refractivity contribution is 7.85. The molecule has 16 heavy (non-hydrogen) atoms. The van der Waals surface area contributed by atoms with Gasteiger partial charge in [0.2, 0.25) is 0 Å². The average Bonchev–Trinajstić information content (AvgIpc) is 2.24. The lowest BCUT2D eigenvalue weighted by Gasteiger charge is -2.04. The lowest BCUT2D eigenvalue weighted by molar-refractivity contribution is 0.316. The molecule has 0 saturated carbocycles. The summed E-state index contributed by atoms with van der Waals surface area (Å²) in [4.78, 5) is 0. The molecule has 0 radical (unpaired) electrons. The van der Waals surface area contributed by atoms with Gasteiger partial charge in [-0.25, -0.2) is 0 Å². The van der Waals surface area contributed by atoms with E-state index in [0.29, 0.717) is 11.3 Å². The minimum absolute atomic E-state index is 0.200. The van der Waals surface area contributed by atoms with Gasteiger partial charge in [-0.1, -0.05) is 0 Å². The van der Waals surface area contributed by atoms with Crippen LogP contribution in [0, 0.1) is 11.3 Å². The highest BCUT2D eigenvalue weighted by Gasteiger charge is 2.03. The van der Waals surface area contributed by atoms with Crippen LogP contribution in [-0.4, -0.2) is 25.3 Å². The van der Waals surface area contributed by atoms with Crippen molar-refractivity contribution in [2.45, 2.75) is 6.42 Å². The van der Waals surface area contributed by atoms with Crippen LogP contribution in [0.1, 0.15) is 12.0 Å². The van der Waals surface area contributed by atoms with Gasteiger partial charge in [0.1, 0.15) is 5.75 Å². The fourth-order valence-electron chi connectivity index (χ4n) is 1.06. The molecular formula is C10H11NO4S. The molecule has 1 rings (SSSR count). The number of ether oxygens (including phenoxy) is 1. The fourth-order valence-corrected chi connectivity index (χ4v) is 1.54. The van der Waals surface area contributed by atoms with Crippen molar-refractivity contribution in [3.05, 3.63) is 29.8 Å². The van der Waals surface area contributed by atoms with Crippen LogP contribution in [0.5, 0.6) is 5.75 Å². The summed E-state index contributed by atoms with van der Waals surface area (Å²) >= 11 is 0. The summed E-state index contributed by atoms with van der Waals surface area (Å²) in [7, 11) is -3.91. The lowest BCUT2D eigenvalue weighted by Crippen LogP contribution is -2.08. The molecular weight excluding hydrogens is 230 g/mol. The van der Waals surface area contributed by atoms with E-state index in [2.05, 4.69) is 0 Å². The first-order valence-corrected chi connectivity index (χ1v) is 6.20. The smallest absolute Gasteiger partial charge is 0.264 e. The molecule has 1 aromatic carbocycles. The van der Waals surface area contributed by atoms with Crippen molar-refractivity contribution in [3.8, 4) is 11.8 Å². The van der Waals surface area contributed by atoms with E-state index < -0.39 is 10.1 Å². The predicted molar refractivity (Wildman–Crippen MR) is 57.7 cm³/mol. The Morgan fingerprint density at radius 3 is 2.44 bits per heavy atom. The van der Waals surface area contributed by atoms with Crippen molar-refractivity contribution >= 4 is 10.1 Å². The molecule has 5 nitrogen and oxygen atoms in total. The van der Waals surface area contributed by atoms with Crippen LogP contribution in [0.15, 0.2) is 24.3 Å². The Labute approximate surface area is 94.0 Å². The van der Waals surface area contributed by atoms with Crippen LogP contribution >= 0.6 is 0 Å². The zero-order valence-corrected chi connectivity index (χ0v) is 9.27. The van der Waals surface area contributed by atoms with E-state index >= 15 is 0 Å². The second-order valence-corrected chi connectivity index (χ2v) is 4.70. The number of nitrogens with zero attached hydrogens (tertiary/aromatic N) is 1. The van der Waals surface area contributed by atoms with Crippen molar-refractivity contribution in [2.75, 3.05) is 12.4 Å². The van der Waals surface area contributed by atoms with Crippen LogP contribution in [0.25, 0.3) is 0 Å². The molecule has 0 aliphatic rings. The molecule has 0 saturated heterocycles. The van der Waals surface area contributed by atoms with Crippen LogP contribution in [0.4, 0.5) is 0 Å². The zero-order valence-electron chi connectivity index (χ0n) is 8.46. The van der Waals surface area contributed by atoms with E-state index in [9.17, 15) is 8.42 Å². The summed E-state index contributed by atoms with van der Waals surface area (Å²) in [6.07, 6.45) is 0.221. The minimum Gasteiger partial charge on any atom is -0.494 e. The monoisotopic (exact) mass is 241 g/mol. The summed E-state index contributed by atoms with van der Waals surface area (Å²) in [6, 6.07) is 8.45. The van der Waals surface area contributed by atoms with Gasteiger partial charge in [0.05, 0.1) is 24.0 Å². The molecule has 0 bridgehead atoms. The van der Waals surface area contributed by atoms with Crippen molar-refractivity contribution in [1.82, 2.24) is 0 Å². The Morgan fingerprint density at radius 1 is 1.31 bits per heavy atom. The molecule has 1 aromatic rings. The van der Waals surface area contributed by atoms with E-state index in [4.69, 9.17) is 14.6 Å². The first-order valence-electron chi connectivity index (χ1n) is 4.59. The summed E-state index contributed by atoms with van der Waals surface area (Å²) < 4.78 is 34.5. The second kappa shape index (κ2) is 5.49. The Balaban J connectivity index is 2.36. The topological polar surface area (TPSA) is 87.4 Å². The SMILES string of the molecule is N#Cc1ccc(OCCCS(=O)(=O)O)cc1. The van der Waals surface area contributed by atoms with Crippen molar-refractivity contribution in [3.63, 3.8) is 0 Å². The Morgan fingerprint density at radius 2 is 1.94 bits per heavy atom. The van der Waals surface area contributed by atoms with Gasteiger partial charge in [-0.05, 0) is 30.7 Å². The lowest BCUT2D eigenvalue weighted by atomic mass is 10.2. The summed E-state index contributed by atoms with van der Waals surface area (Å²) in [5, 5.41) is 8.55. The molecule has 86 valence electrons. The molecule has 0 aromatic heterocycles. The molecule has 0 amide bonds. The molecule has 1 N–H and O–H groups in total. The van der Waals surface area contributed by atoms with Crippen LogP contribution in [0.3, 0.4) is 0 Å². The molecule has 0 atom stereocenters. The van der Waals surface area contributed by atoms with Gasteiger partial charge in [0.15, 0.2) is 0 Å². The fraction of sp³-hybridized carbons (Fsp3) is 0.300. The van der Waals surface area contributed by atoms with Crippen molar-refractivity contribution in [2.24, 2.45) is 0 Å². The normalized spacial score (nSPS) is 10.8. The Hall–Kier alpha value is -1.58. The average molecular weight is 241 g/mol. The third kappa shape index (κ3) is 4.77. The minimum atomic E-state index is -3.91. The van der Waals surface area contributed by atoms with E-state index in [0.717, 1.165) is 0 Å². The molecule has 0 aliphatic heterocycles. The third-order valence-corrected chi connectivity index (χ3v) is 2.60. The molecule has 0 heterocycles. The van der Waals surface area contributed by atoms with E-state index in [1.807, 2.05) is 6.07 Å². The first-order chi connectivity index (χ1) is 7.51. The quantitative estimate of drug-likeness (QED) is 0.618. The maximum absolute atomic E-state index is 10.4. The maximum Gasteiger partial charge on any atom is 0.264 e. The van der Waals surface area contributed by atoms with Crippen LogP contribution < -0.4 is 4.74 Å². The van der Waals surface area contributed by atoms with Gasteiger partial charge in [-0.3, -0.25) is 4.55 Å². The standard InChI is InChI=1S/C10H11NO4S/c11-8-9-2-4-10(5-3-9)15-6-1-7-16(12,13)14/h2-5H,1,6-7H2,(H,12,13,14). The molecule has 0 aliphatic carbocycles. The number of hydrogen-bond donors (Lipinski definition) is 1. The largest absolute Gasteiger partial charge is 0.494 e. The second-order valence-electron chi connectivity index (χ2n) is 3.12. The van der Waals surface area contributed by atoms with Gasteiger partial charge < -0.3 is 4.74 Å². The van der Waals surface area contributed by atoms with Crippen LogP contribution in [0.2, 0.25) is 0 Å². The molecule has 0 fully saturated rings. The summed E-state index contributed by atoms with van der Waals surface area (Å²) in [5.41, 5.74) is 0.533. The van der Waals surface area contributed by atoms with Gasteiger partial charge in [-0.15, -0.1) is 0 Å². The summed E-state index contributed by atoms with van der Waals surface area (Å²) in [6.45, 7) is 0.200. The van der Waals surface area contributed by atoms with E-state index in [1.54, 1.807) is 24.3 Å². The Bertz CT molecular complexity index is 473. The zero-order chi connectivity index (χ0) is 12.0. The summed E-state index contributed by atoms with van der Waals surface area (Å²) in [5.74, 6) is 0.248. The molecule has 6 heteroatoms. The Kier molecular flexibility index (Phi) is 4.28. The molecule has 0 spiro atoms. The number of rotatable bonds is 5. The van der Waals surface area contributed by atoms with Gasteiger partial charge >= 0.3 is 0 Å².